The zero-order valence-electron chi connectivity index (χ0n) is 9.86. The molecule has 0 spiro atoms. The molecule has 0 aliphatic rings. The fourth-order valence-corrected chi connectivity index (χ4v) is 1.25. The van der Waals surface area contributed by atoms with Crippen LogP contribution in [-0.2, 0) is 10.8 Å². The molecule has 0 aromatic carbocycles. The van der Waals surface area contributed by atoms with Gasteiger partial charge in [-0.25, -0.2) is 4.39 Å². The second kappa shape index (κ2) is 3.11. The Kier molecular flexibility index (Phi) is 2.51. The predicted molar refractivity (Wildman–Crippen MR) is 56.1 cm³/mol. The Labute approximate surface area is 85.3 Å². The number of rotatable bonds is 0. The van der Waals surface area contributed by atoms with Crippen LogP contribution >= 0.6 is 0 Å². The topological polar surface area (TPSA) is 13.1 Å². The van der Waals surface area contributed by atoms with Crippen LogP contribution in [0.3, 0.4) is 0 Å². The Morgan fingerprint density at radius 2 is 1.50 bits per heavy atom. The van der Waals surface area contributed by atoms with Crippen molar-refractivity contribution in [2.24, 2.45) is 0 Å². The van der Waals surface area contributed by atoms with E-state index in [1.807, 2.05) is 41.5 Å². The maximum atomic E-state index is 13.5. The van der Waals surface area contributed by atoms with E-state index in [1.54, 1.807) is 0 Å². The Morgan fingerprint density at radius 3 is 1.71 bits per heavy atom. The van der Waals surface area contributed by atoms with E-state index < -0.39 is 0 Å². The maximum absolute atomic E-state index is 13.5. The average Bonchev–Trinajstić information content (AvgIpc) is 2.27. The summed E-state index contributed by atoms with van der Waals surface area (Å²) in [7, 11) is 0. The maximum Gasteiger partial charge on any atom is 0.165 e. The van der Waals surface area contributed by atoms with Crippen LogP contribution in [0.25, 0.3) is 0 Å². The van der Waals surface area contributed by atoms with Gasteiger partial charge in [0, 0.05) is 16.9 Å². The molecular weight excluding hydrogens is 179 g/mol. The average molecular weight is 198 g/mol. The molecule has 1 heterocycles. The highest BCUT2D eigenvalue weighted by Gasteiger charge is 2.27. The van der Waals surface area contributed by atoms with Gasteiger partial charge in [0.05, 0.1) is 0 Å². The van der Waals surface area contributed by atoms with E-state index in [0.717, 1.165) is 0 Å². The van der Waals surface area contributed by atoms with Crippen molar-refractivity contribution in [1.82, 2.24) is 0 Å². The van der Waals surface area contributed by atoms with Gasteiger partial charge < -0.3 is 4.42 Å². The quantitative estimate of drug-likeness (QED) is 0.613. The number of furan rings is 1. The normalized spacial score (nSPS) is 13.4. The van der Waals surface area contributed by atoms with Crippen LogP contribution < -0.4 is 0 Å². The monoisotopic (exact) mass is 198 g/mol. The Balaban J connectivity index is 3.19. The van der Waals surface area contributed by atoms with Crippen molar-refractivity contribution < 1.29 is 8.81 Å². The summed E-state index contributed by atoms with van der Waals surface area (Å²) in [5.41, 5.74) is -0.405. The third-order valence-corrected chi connectivity index (χ3v) is 2.11. The van der Waals surface area contributed by atoms with Gasteiger partial charge >= 0.3 is 0 Å². The largest absolute Gasteiger partial charge is 0.462 e. The van der Waals surface area contributed by atoms with Crippen LogP contribution in [0.15, 0.2) is 10.5 Å². The molecule has 1 rings (SSSR count). The third-order valence-electron chi connectivity index (χ3n) is 2.11. The number of halogens is 1. The zero-order chi connectivity index (χ0) is 11.1. The lowest BCUT2D eigenvalue weighted by Crippen LogP contribution is -2.12. The summed E-state index contributed by atoms with van der Waals surface area (Å²) in [5.74, 6) is 0.921. The van der Waals surface area contributed by atoms with Gasteiger partial charge in [0.1, 0.15) is 11.5 Å². The summed E-state index contributed by atoms with van der Waals surface area (Å²) in [5, 5.41) is 0. The van der Waals surface area contributed by atoms with Crippen LogP contribution in [0.4, 0.5) is 4.39 Å². The molecule has 0 N–H and O–H groups in total. The van der Waals surface area contributed by atoms with Crippen molar-refractivity contribution in [3.63, 3.8) is 0 Å². The van der Waals surface area contributed by atoms with Gasteiger partial charge in [0.2, 0.25) is 0 Å². The van der Waals surface area contributed by atoms with E-state index in [-0.39, 0.29) is 16.6 Å². The van der Waals surface area contributed by atoms with Gasteiger partial charge in [-0.3, -0.25) is 0 Å². The SMILES string of the molecule is CC(C)(C)c1cc(F)c(C(C)(C)C)o1. The Morgan fingerprint density at radius 1 is 1.00 bits per heavy atom. The molecule has 0 bridgehead atoms. The first-order valence-electron chi connectivity index (χ1n) is 4.92. The van der Waals surface area contributed by atoms with E-state index in [0.29, 0.717) is 11.5 Å². The standard InChI is InChI=1S/C12H19FO/c1-11(2,3)9-7-8(13)10(14-9)12(4,5)6/h7H,1-6H3. The molecule has 0 fully saturated rings. The highest BCUT2D eigenvalue weighted by atomic mass is 19.1. The minimum absolute atomic E-state index is 0.135. The van der Waals surface area contributed by atoms with Crippen LogP contribution in [0.2, 0.25) is 0 Å². The van der Waals surface area contributed by atoms with Crippen molar-refractivity contribution in [3.05, 3.63) is 23.4 Å². The van der Waals surface area contributed by atoms with Gasteiger partial charge in [-0.1, -0.05) is 41.5 Å². The summed E-state index contributed by atoms with van der Waals surface area (Å²) in [6.45, 7) is 11.9. The first-order chi connectivity index (χ1) is 6.12. The molecule has 0 saturated heterocycles. The van der Waals surface area contributed by atoms with Gasteiger partial charge in [-0.05, 0) is 0 Å². The second-order valence-electron chi connectivity index (χ2n) is 5.79. The molecule has 0 aliphatic heterocycles. The molecule has 0 atom stereocenters. The van der Waals surface area contributed by atoms with Crippen molar-refractivity contribution in [3.8, 4) is 0 Å². The fraction of sp³-hybridized carbons (Fsp3) is 0.667. The Bertz CT molecular complexity index is 323. The van der Waals surface area contributed by atoms with Crippen LogP contribution in [-0.4, -0.2) is 0 Å². The van der Waals surface area contributed by atoms with Gasteiger partial charge in [0.25, 0.3) is 0 Å². The Hall–Kier alpha value is -0.790. The van der Waals surface area contributed by atoms with Gasteiger partial charge in [-0.15, -0.1) is 0 Å². The van der Waals surface area contributed by atoms with E-state index in [1.165, 1.54) is 6.07 Å². The van der Waals surface area contributed by atoms with Crippen LogP contribution in [0.1, 0.15) is 53.1 Å². The van der Waals surface area contributed by atoms with Gasteiger partial charge in [0.15, 0.2) is 5.82 Å². The molecule has 80 valence electrons. The molecule has 0 aliphatic carbocycles. The van der Waals surface area contributed by atoms with Crippen LogP contribution in [0, 0.1) is 5.82 Å². The molecule has 2 heteroatoms. The summed E-state index contributed by atoms with van der Waals surface area (Å²) < 4.78 is 19.1. The lowest BCUT2D eigenvalue weighted by molar-refractivity contribution is 0.331. The van der Waals surface area contributed by atoms with E-state index in [9.17, 15) is 4.39 Å². The summed E-state index contributed by atoms with van der Waals surface area (Å²) in [6.07, 6.45) is 0. The minimum atomic E-state index is -0.270. The highest BCUT2D eigenvalue weighted by molar-refractivity contribution is 5.20. The minimum Gasteiger partial charge on any atom is -0.462 e. The van der Waals surface area contributed by atoms with E-state index in [4.69, 9.17) is 4.42 Å². The first-order valence-corrected chi connectivity index (χ1v) is 4.92. The molecule has 0 amide bonds. The first kappa shape index (κ1) is 11.3. The molecule has 1 aromatic heterocycles. The summed E-state index contributed by atoms with van der Waals surface area (Å²) >= 11 is 0. The van der Waals surface area contributed by atoms with E-state index >= 15 is 0 Å². The van der Waals surface area contributed by atoms with Gasteiger partial charge in [-0.2, -0.15) is 0 Å². The summed E-state index contributed by atoms with van der Waals surface area (Å²) in [4.78, 5) is 0. The molecule has 1 nitrogen and oxygen atoms in total. The molecular formula is C12H19FO. The van der Waals surface area contributed by atoms with Crippen molar-refractivity contribution in [2.75, 3.05) is 0 Å². The lowest BCUT2D eigenvalue weighted by atomic mass is 9.92. The molecule has 1 aromatic rings. The zero-order valence-corrected chi connectivity index (χ0v) is 9.86. The number of hydrogen-bond acceptors (Lipinski definition) is 1. The smallest absolute Gasteiger partial charge is 0.165 e. The molecule has 0 radical (unpaired) electrons. The van der Waals surface area contributed by atoms with Crippen molar-refractivity contribution in [1.29, 1.82) is 0 Å². The van der Waals surface area contributed by atoms with E-state index in [2.05, 4.69) is 0 Å². The molecule has 14 heavy (non-hydrogen) atoms. The van der Waals surface area contributed by atoms with Crippen molar-refractivity contribution in [2.45, 2.75) is 52.4 Å². The predicted octanol–water partition coefficient (Wildman–Crippen LogP) is 4.01. The lowest BCUT2D eigenvalue weighted by Gasteiger charge is -2.17. The molecule has 0 saturated carbocycles. The summed E-state index contributed by atoms with van der Waals surface area (Å²) in [6, 6.07) is 1.50. The fourth-order valence-electron chi connectivity index (χ4n) is 1.25. The third kappa shape index (κ3) is 2.17. The van der Waals surface area contributed by atoms with Crippen LogP contribution in [0.5, 0.6) is 0 Å². The number of hydrogen-bond donors (Lipinski definition) is 0. The van der Waals surface area contributed by atoms with Crippen molar-refractivity contribution >= 4 is 0 Å². The second-order valence-corrected chi connectivity index (χ2v) is 5.79. The molecule has 0 unspecified atom stereocenters. The highest BCUT2D eigenvalue weighted by Crippen LogP contribution is 2.32.